The van der Waals surface area contributed by atoms with Gasteiger partial charge in [0.2, 0.25) is 0 Å². The van der Waals surface area contributed by atoms with E-state index in [0.717, 1.165) is 50.8 Å². The summed E-state index contributed by atoms with van der Waals surface area (Å²) in [4.78, 5) is 23.2. The Morgan fingerprint density at radius 2 is 2.07 bits per heavy atom. The zero-order valence-corrected chi connectivity index (χ0v) is 16.4. The van der Waals surface area contributed by atoms with Crippen LogP contribution in [0.15, 0.2) is 18.3 Å². The van der Waals surface area contributed by atoms with E-state index in [-0.39, 0.29) is 6.09 Å². The van der Waals surface area contributed by atoms with E-state index in [1.165, 1.54) is 19.3 Å². The Morgan fingerprint density at radius 1 is 1.30 bits per heavy atom. The molecule has 3 fully saturated rings. The number of anilines is 1. The van der Waals surface area contributed by atoms with Crippen LogP contribution < -0.4 is 9.64 Å². The minimum Gasteiger partial charge on any atom is -0.493 e. The summed E-state index contributed by atoms with van der Waals surface area (Å²) in [7, 11) is 1.70. The molecule has 0 radical (unpaired) electrons. The third-order valence-corrected chi connectivity index (χ3v) is 6.36. The summed E-state index contributed by atoms with van der Waals surface area (Å²) in [6.07, 6.45) is 5.35. The minimum atomic E-state index is -0.149. The molecule has 1 aromatic rings. The number of ether oxygens (including phenoxy) is 2. The number of hydrogen-bond donors (Lipinski definition) is 0. The van der Waals surface area contributed by atoms with Gasteiger partial charge in [0.15, 0.2) is 11.6 Å². The highest BCUT2D eigenvalue weighted by Crippen LogP contribution is 2.47. The number of aromatic nitrogens is 1. The Hall–Kier alpha value is -2.02. The lowest BCUT2D eigenvalue weighted by atomic mass is 9.78. The van der Waals surface area contributed by atoms with Gasteiger partial charge in [-0.3, -0.25) is 4.90 Å². The third kappa shape index (κ3) is 3.57. The van der Waals surface area contributed by atoms with Crippen molar-refractivity contribution in [3.63, 3.8) is 0 Å². The zero-order valence-electron chi connectivity index (χ0n) is 16.4. The number of likely N-dealkylation sites (tertiary alicyclic amines) is 1. The van der Waals surface area contributed by atoms with Crippen molar-refractivity contribution in [2.75, 3.05) is 57.9 Å². The van der Waals surface area contributed by atoms with Crippen LogP contribution in [0.1, 0.15) is 26.2 Å². The van der Waals surface area contributed by atoms with Gasteiger partial charge in [-0.1, -0.05) is 0 Å². The first-order valence-corrected chi connectivity index (χ1v) is 10.0. The molecule has 1 spiro atoms. The number of hydrogen-bond acceptors (Lipinski definition) is 6. The normalized spacial score (nSPS) is 24.7. The van der Waals surface area contributed by atoms with Gasteiger partial charge in [0.05, 0.1) is 13.7 Å². The number of nitrogens with zero attached hydrogens (tertiary/aromatic N) is 4. The van der Waals surface area contributed by atoms with Crippen molar-refractivity contribution in [2.24, 2.45) is 5.41 Å². The average molecular weight is 374 g/mol. The zero-order chi connectivity index (χ0) is 18.9. The summed E-state index contributed by atoms with van der Waals surface area (Å²) in [6, 6.07) is 4.53. The van der Waals surface area contributed by atoms with Crippen LogP contribution in [-0.4, -0.2) is 79.9 Å². The lowest BCUT2D eigenvalue weighted by Gasteiger charge is -2.48. The fourth-order valence-electron chi connectivity index (χ4n) is 4.96. The standard InChI is InChI=1S/C20H30N4O3/c1-3-27-19(25)24-14-20(15-24)7-6-16(13-20)22-9-11-23(12-10-22)18-17(26-2)5-4-8-21-18/h4-5,8,16H,3,6-7,9-15H2,1-2H3/t16-/m1/s1. The second-order valence-corrected chi connectivity index (χ2v) is 8.00. The van der Waals surface area contributed by atoms with Crippen LogP contribution in [0.25, 0.3) is 0 Å². The monoisotopic (exact) mass is 374 g/mol. The molecule has 3 aliphatic rings. The van der Waals surface area contributed by atoms with Crippen molar-refractivity contribution in [3.05, 3.63) is 18.3 Å². The summed E-state index contributed by atoms with van der Waals surface area (Å²) >= 11 is 0. The van der Waals surface area contributed by atoms with Crippen molar-refractivity contribution in [2.45, 2.75) is 32.2 Å². The van der Waals surface area contributed by atoms with Gasteiger partial charge in [-0.05, 0) is 38.3 Å². The van der Waals surface area contributed by atoms with E-state index in [1.54, 1.807) is 7.11 Å². The van der Waals surface area contributed by atoms with Crippen LogP contribution in [0.2, 0.25) is 0 Å². The quantitative estimate of drug-likeness (QED) is 0.806. The van der Waals surface area contributed by atoms with E-state index in [9.17, 15) is 4.79 Å². The summed E-state index contributed by atoms with van der Waals surface area (Å²) in [5, 5.41) is 0. The molecule has 0 N–H and O–H groups in total. The Morgan fingerprint density at radius 3 is 2.78 bits per heavy atom. The lowest BCUT2D eigenvalue weighted by Crippen LogP contribution is -2.58. The van der Waals surface area contributed by atoms with Crippen LogP contribution in [0, 0.1) is 5.41 Å². The molecule has 1 saturated carbocycles. The summed E-state index contributed by atoms with van der Waals surface area (Å²) in [5.41, 5.74) is 0.332. The molecule has 3 heterocycles. The molecular weight excluding hydrogens is 344 g/mol. The molecule has 1 atom stereocenters. The molecule has 2 saturated heterocycles. The lowest BCUT2D eigenvalue weighted by molar-refractivity contribution is -0.00294. The largest absolute Gasteiger partial charge is 0.493 e. The van der Waals surface area contributed by atoms with E-state index in [1.807, 2.05) is 30.2 Å². The van der Waals surface area contributed by atoms with Crippen molar-refractivity contribution < 1.29 is 14.3 Å². The van der Waals surface area contributed by atoms with Crippen LogP contribution >= 0.6 is 0 Å². The SMILES string of the molecule is CCOC(=O)N1CC2(CC[C@@H](N3CCN(c4ncccc4OC)CC3)C2)C1. The van der Waals surface area contributed by atoms with E-state index in [2.05, 4.69) is 14.8 Å². The van der Waals surface area contributed by atoms with E-state index in [0.29, 0.717) is 18.1 Å². The molecule has 0 unspecified atom stereocenters. The maximum Gasteiger partial charge on any atom is 0.409 e. The number of carbonyl (C=O) groups is 1. The average Bonchev–Trinajstić information content (AvgIpc) is 3.13. The first-order valence-electron chi connectivity index (χ1n) is 10.0. The predicted octanol–water partition coefficient (Wildman–Crippen LogP) is 2.22. The fourth-order valence-corrected chi connectivity index (χ4v) is 4.96. The van der Waals surface area contributed by atoms with Crippen LogP contribution in [0.5, 0.6) is 5.75 Å². The van der Waals surface area contributed by atoms with Crippen LogP contribution in [0.4, 0.5) is 10.6 Å². The van der Waals surface area contributed by atoms with Crippen molar-refractivity contribution in [3.8, 4) is 5.75 Å². The van der Waals surface area contributed by atoms with E-state index < -0.39 is 0 Å². The number of rotatable bonds is 4. The molecule has 1 aromatic heterocycles. The molecule has 148 valence electrons. The fraction of sp³-hybridized carbons (Fsp3) is 0.700. The molecule has 2 aliphatic heterocycles. The number of pyridine rings is 1. The van der Waals surface area contributed by atoms with Gasteiger partial charge < -0.3 is 19.3 Å². The summed E-state index contributed by atoms with van der Waals surface area (Å²) in [5.74, 6) is 1.80. The smallest absolute Gasteiger partial charge is 0.409 e. The van der Waals surface area contributed by atoms with Crippen molar-refractivity contribution in [1.29, 1.82) is 0 Å². The highest BCUT2D eigenvalue weighted by molar-refractivity contribution is 5.69. The topological polar surface area (TPSA) is 58.1 Å². The van der Waals surface area contributed by atoms with Gasteiger partial charge in [-0.15, -0.1) is 0 Å². The van der Waals surface area contributed by atoms with E-state index >= 15 is 0 Å². The highest BCUT2D eigenvalue weighted by Gasteiger charge is 2.51. The molecule has 0 aromatic carbocycles. The maximum atomic E-state index is 11.8. The van der Waals surface area contributed by atoms with Crippen LogP contribution in [-0.2, 0) is 4.74 Å². The number of piperazine rings is 1. The summed E-state index contributed by atoms with van der Waals surface area (Å²) in [6.45, 7) is 8.12. The predicted molar refractivity (Wildman–Crippen MR) is 103 cm³/mol. The van der Waals surface area contributed by atoms with Gasteiger partial charge in [-0.25, -0.2) is 9.78 Å². The van der Waals surface area contributed by atoms with Crippen molar-refractivity contribution in [1.82, 2.24) is 14.8 Å². The highest BCUT2D eigenvalue weighted by atomic mass is 16.6. The summed E-state index contributed by atoms with van der Waals surface area (Å²) < 4.78 is 10.6. The molecular formula is C20H30N4O3. The Labute approximate surface area is 161 Å². The minimum absolute atomic E-state index is 0.149. The van der Waals surface area contributed by atoms with E-state index in [4.69, 9.17) is 9.47 Å². The molecule has 1 aliphatic carbocycles. The number of carbonyl (C=O) groups excluding carboxylic acids is 1. The third-order valence-electron chi connectivity index (χ3n) is 6.36. The Kier molecular flexibility index (Phi) is 5.12. The van der Waals surface area contributed by atoms with Gasteiger partial charge in [0.25, 0.3) is 0 Å². The number of amides is 1. The molecule has 7 heteroatoms. The first kappa shape index (κ1) is 18.3. The Balaban J connectivity index is 1.28. The van der Waals surface area contributed by atoms with Gasteiger partial charge >= 0.3 is 6.09 Å². The first-order chi connectivity index (χ1) is 13.1. The second-order valence-electron chi connectivity index (χ2n) is 8.00. The molecule has 27 heavy (non-hydrogen) atoms. The maximum absolute atomic E-state index is 11.8. The Bertz CT molecular complexity index is 669. The molecule has 4 rings (SSSR count). The van der Waals surface area contributed by atoms with Crippen molar-refractivity contribution >= 4 is 11.9 Å². The molecule has 7 nitrogen and oxygen atoms in total. The van der Waals surface area contributed by atoms with Gasteiger partial charge in [0.1, 0.15) is 0 Å². The molecule has 1 amide bonds. The number of methoxy groups -OCH3 is 1. The van der Waals surface area contributed by atoms with Gasteiger partial charge in [-0.2, -0.15) is 0 Å². The van der Waals surface area contributed by atoms with Gasteiger partial charge in [0, 0.05) is 56.9 Å². The second kappa shape index (κ2) is 7.54. The molecule has 0 bridgehead atoms. The van der Waals surface area contributed by atoms with Crippen LogP contribution in [0.3, 0.4) is 0 Å².